The Balaban J connectivity index is 1.37. The summed E-state index contributed by atoms with van der Waals surface area (Å²) in [6, 6.07) is 13.7. The highest BCUT2D eigenvalue weighted by atomic mass is 79.9. The molecule has 2 aromatic carbocycles. The topological polar surface area (TPSA) is 109 Å². The predicted molar refractivity (Wildman–Crippen MR) is 114 cm³/mol. The minimum Gasteiger partial charge on any atom is -0.508 e. The van der Waals surface area contributed by atoms with E-state index in [0.29, 0.717) is 11.3 Å². The van der Waals surface area contributed by atoms with E-state index < -0.39 is 0 Å². The van der Waals surface area contributed by atoms with Crippen molar-refractivity contribution in [3.63, 3.8) is 0 Å². The van der Waals surface area contributed by atoms with E-state index in [1.165, 1.54) is 24.3 Å². The van der Waals surface area contributed by atoms with Gasteiger partial charge in [0.1, 0.15) is 5.75 Å². The van der Waals surface area contributed by atoms with Crippen molar-refractivity contribution >= 4 is 27.7 Å². The molecule has 3 aromatic rings. The van der Waals surface area contributed by atoms with Gasteiger partial charge in [0, 0.05) is 29.0 Å². The number of aromatic hydroxyl groups is 1. The first-order chi connectivity index (χ1) is 14.5. The highest BCUT2D eigenvalue weighted by molar-refractivity contribution is 9.10. The van der Waals surface area contributed by atoms with Gasteiger partial charge in [-0.2, -0.15) is 0 Å². The van der Waals surface area contributed by atoms with Gasteiger partial charge in [-0.15, -0.1) is 5.10 Å². The summed E-state index contributed by atoms with van der Waals surface area (Å²) in [4.78, 5) is 24.7. The number of carbonyl (C=O) groups excluding carboxylic acids is 2. The molecule has 1 aliphatic rings. The third-order valence-electron chi connectivity index (χ3n) is 4.78. The summed E-state index contributed by atoms with van der Waals surface area (Å²) in [6.07, 6.45) is 2.01. The molecule has 0 unspecified atom stereocenters. The summed E-state index contributed by atoms with van der Waals surface area (Å²) < 4.78 is 2.69. The van der Waals surface area contributed by atoms with Gasteiger partial charge in [0.25, 0.3) is 11.8 Å². The zero-order valence-electron chi connectivity index (χ0n) is 16.0. The maximum Gasteiger partial charge on any atom is 0.273 e. The van der Waals surface area contributed by atoms with Gasteiger partial charge in [-0.3, -0.25) is 9.59 Å². The molecule has 0 radical (unpaired) electrons. The van der Waals surface area contributed by atoms with E-state index in [1.807, 2.05) is 24.3 Å². The van der Waals surface area contributed by atoms with Crippen LogP contribution < -0.4 is 10.6 Å². The molecule has 0 bridgehead atoms. The molecule has 0 aliphatic heterocycles. The number of phenolic OH excluding ortho intramolecular Hbond substituents is 1. The van der Waals surface area contributed by atoms with Crippen LogP contribution in [0, 0.1) is 0 Å². The zero-order valence-corrected chi connectivity index (χ0v) is 17.6. The number of phenols is 1. The Morgan fingerprint density at radius 1 is 1.00 bits per heavy atom. The second-order valence-electron chi connectivity index (χ2n) is 7.04. The third-order valence-corrected chi connectivity index (χ3v) is 5.31. The van der Waals surface area contributed by atoms with E-state index in [-0.39, 0.29) is 36.6 Å². The lowest BCUT2D eigenvalue weighted by Crippen LogP contribution is -2.35. The first-order valence-electron chi connectivity index (χ1n) is 9.60. The fourth-order valence-electron chi connectivity index (χ4n) is 3.10. The van der Waals surface area contributed by atoms with Crippen LogP contribution in [0.25, 0.3) is 5.69 Å². The van der Waals surface area contributed by atoms with Gasteiger partial charge in [-0.25, -0.2) is 4.68 Å². The van der Waals surface area contributed by atoms with E-state index >= 15 is 0 Å². The van der Waals surface area contributed by atoms with Gasteiger partial charge in [0.2, 0.25) is 0 Å². The fourth-order valence-corrected chi connectivity index (χ4v) is 3.36. The SMILES string of the molecule is O=C(NCCNC(=O)c1nnn(-c2ccc(Br)cc2)c1C1CC1)c1ccc(O)cc1. The van der Waals surface area contributed by atoms with E-state index in [2.05, 4.69) is 36.9 Å². The molecule has 1 aliphatic carbocycles. The molecule has 1 heterocycles. The Hall–Kier alpha value is -3.20. The lowest BCUT2D eigenvalue weighted by atomic mass is 10.2. The summed E-state index contributed by atoms with van der Waals surface area (Å²) >= 11 is 3.42. The minimum atomic E-state index is -0.306. The molecule has 0 saturated heterocycles. The van der Waals surface area contributed by atoms with Crippen LogP contribution in [0.5, 0.6) is 5.75 Å². The van der Waals surface area contributed by atoms with E-state index in [1.54, 1.807) is 4.68 Å². The largest absolute Gasteiger partial charge is 0.508 e. The standard InChI is InChI=1S/C21H20BrN5O3/c22-15-5-7-16(8-6-15)27-19(13-1-2-13)18(25-26-27)21(30)24-12-11-23-20(29)14-3-9-17(28)10-4-14/h3-10,13,28H,1-2,11-12H2,(H,23,29)(H,24,30). The van der Waals surface area contributed by atoms with Crippen molar-refractivity contribution in [2.45, 2.75) is 18.8 Å². The smallest absolute Gasteiger partial charge is 0.273 e. The molecule has 1 fully saturated rings. The number of nitrogens with zero attached hydrogens (tertiary/aromatic N) is 3. The van der Waals surface area contributed by atoms with Gasteiger partial charge < -0.3 is 15.7 Å². The number of aromatic nitrogens is 3. The first kappa shape index (κ1) is 20.1. The van der Waals surface area contributed by atoms with Crippen LogP contribution in [-0.2, 0) is 0 Å². The second kappa shape index (κ2) is 8.66. The van der Waals surface area contributed by atoms with Crippen molar-refractivity contribution in [2.24, 2.45) is 0 Å². The molecule has 1 saturated carbocycles. The molecule has 4 rings (SSSR count). The maximum absolute atomic E-state index is 12.7. The third kappa shape index (κ3) is 4.51. The molecular formula is C21H20BrN5O3. The quantitative estimate of drug-likeness (QED) is 0.461. The van der Waals surface area contributed by atoms with E-state index in [9.17, 15) is 14.7 Å². The number of halogens is 1. The molecule has 3 N–H and O–H groups in total. The first-order valence-corrected chi connectivity index (χ1v) is 10.4. The summed E-state index contributed by atoms with van der Waals surface area (Å²) in [5.74, 6) is -0.205. The molecule has 1 aromatic heterocycles. The van der Waals surface area contributed by atoms with Crippen LogP contribution >= 0.6 is 15.9 Å². The number of nitrogens with one attached hydrogen (secondary N) is 2. The lowest BCUT2D eigenvalue weighted by Gasteiger charge is -2.09. The van der Waals surface area contributed by atoms with Gasteiger partial charge in [-0.05, 0) is 61.4 Å². The van der Waals surface area contributed by atoms with Crippen LogP contribution in [0.1, 0.15) is 45.3 Å². The highest BCUT2D eigenvalue weighted by Crippen LogP contribution is 2.42. The molecule has 0 atom stereocenters. The van der Waals surface area contributed by atoms with Gasteiger partial charge in [-0.1, -0.05) is 21.1 Å². The normalized spacial score (nSPS) is 13.1. The average Bonchev–Trinajstić information content (AvgIpc) is 3.50. The Morgan fingerprint density at radius 2 is 1.63 bits per heavy atom. The number of amides is 2. The second-order valence-corrected chi connectivity index (χ2v) is 7.96. The van der Waals surface area contributed by atoms with Gasteiger partial charge in [0.05, 0.1) is 11.4 Å². The Kier molecular flexibility index (Phi) is 5.80. The maximum atomic E-state index is 12.7. The van der Waals surface area contributed by atoms with Crippen LogP contribution in [0.15, 0.2) is 53.0 Å². The molecule has 0 spiro atoms. The number of hydrogen-bond donors (Lipinski definition) is 3. The molecule has 154 valence electrons. The van der Waals surface area contributed by atoms with Gasteiger partial charge >= 0.3 is 0 Å². The molecule has 8 nitrogen and oxygen atoms in total. The summed E-state index contributed by atoms with van der Waals surface area (Å²) in [5.41, 5.74) is 2.44. The van der Waals surface area contributed by atoms with Crippen LogP contribution in [0.3, 0.4) is 0 Å². The minimum absolute atomic E-state index is 0.0986. The van der Waals surface area contributed by atoms with Crippen molar-refractivity contribution in [2.75, 3.05) is 13.1 Å². The fraction of sp³-hybridized carbons (Fsp3) is 0.238. The van der Waals surface area contributed by atoms with Crippen molar-refractivity contribution in [3.05, 3.63) is 70.0 Å². The van der Waals surface area contributed by atoms with Crippen LogP contribution in [-0.4, -0.2) is 45.0 Å². The van der Waals surface area contributed by atoms with Gasteiger partial charge in [0.15, 0.2) is 5.69 Å². The lowest BCUT2D eigenvalue weighted by molar-refractivity contribution is 0.0924. The van der Waals surface area contributed by atoms with Crippen molar-refractivity contribution in [1.29, 1.82) is 0 Å². The Morgan fingerprint density at radius 3 is 2.27 bits per heavy atom. The monoisotopic (exact) mass is 469 g/mol. The molecule has 30 heavy (non-hydrogen) atoms. The van der Waals surface area contributed by atoms with Crippen molar-refractivity contribution in [3.8, 4) is 11.4 Å². The van der Waals surface area contributed by atoms with E-state index in [4.69, 9.17) is 0 Å². The number of rotatable bonds is 7. The summed E-state index contributed by atoms with van der Waals surface area (Å²) in [7, 11) is 0. The molecular weight excluding hydrogens is 450 g/mol. The number of carbonyl (C=O) groups is 2. The van der Waals surface area contributed by atoms with Crippen LogP contribution in [0.2, 0.25) is 0 Å². The van der Waals surface area contributed by atoms with Crippen LogP contribution in [0.4, 0.5) is 0 Å². The highest BCUT2D eigenvalue weighted by Gasteiger charge is 2.34. The predicted octanol–water partition coefficient (Wildman–Crippen LogP) is 2.77. The average molecular weight is 470 g/mol. The van der Waals surface area contributed by atoms with Crippen molar-refractivity contribution in [1.82, 2.24) is 25.6 Å². The molecule has 2 amide bonds. The summed E-state index contributed by atoms with van der Waals surface area (Å²) in [5, 5.41) is 23.1. The Labute approximate surface area is 181 Å². The number of hydrogen-bond acceptors (Lipinski definition) is 5. The van der Waals surface area contributed by atoms with Crippen molar-refractivity contribution < 1.29 is 14.7 Å². The zero-order chi connectivity index (χ0) is 21.1. The summed E-state index contributed by atoms with van der Waals surface area (Å²) in [6.45, 7) is 0.531. The molecule has 9 heteroatoms. The van der Waals surface area contributed by atoms with E-state index in [0.717, 1.165) is 28.7 Å². The Bertz CT molecular complexity index is 1060. The number of benzene rings is 2.